The number of hydrogen-bond donors (Lipinski definition) is 2. The first-order valence-electron chi connectivity index (χ1n) is 6.78. The third kappa shape index (κ3) is 4.18. The summed E-state index contributed by atoms with van der Waals surface area (Å²) in [6.07, 6.45) is 4.53. The lowest BCUT2D eigenvalue weighted by molar-refractivity contribution is -0.117. The quantitative estimate of drug-likeness (QED) is 0.892. The molecule has 0 saturated carbocycles. The molecular formula is C14H20ClN3O. The minimum atomic E-state index is -0.0151. The molecule has 2 N–H and O–H groups in total. The van der Waals surface area contributed by atoms with Crippen molar-refractivity contribution in [1.82, 2.24) is 10.3 Å². The number of carbonyl (C=O) groups excluding carboxylic acids is 1. The van der Waals surface area contributed by atoms with Gasteiger partial charge in [-0.2, -0.15) is 0 Å². The SMILES string of the molecule is CC(CC(=O)Nc1ncccc1Cl)C1CCCNC1. The average Bonchev–Trinajstić information content (AvgIpc) is 2.42. The molecule has 1 fully saturated rings. The number of nitrogens with one attached hydrogen (secondary N) is 2. The minimum Gasteiger partial charge on any atom is -0.316 e. The Morgan fingerprint density at radius 1 is 1.68 bits per heavy atom. The summed E-state index contributed by atoms with van der Waals surface area (Å²) in [5, 5.41) is 6.64. The van der Waals surface area contributed by atoms with Crippen LogP contribution >= 0.6 is 11.6 Å². The van der Waals surface area contributed by atoms with E-state index in [1.165, 1.54) is 12.8 Å². The van der Waals surface area contributed by atoms with Crippen molar-refractivity contribution >= 4 is 23.3 Å². The van der Waals surface area contributed by atoms with Crippen molar-refractivity contribution in [2.24, 2.45) is 11.8 Å². The van der Waals surface area contributed by atoms with Crippen LogP contribution in [0, 0.1) is 11.8 Å². The molecule has 2 rings (SSSR count). The Bertz CT molecular complexity index is 432. The highest BCUT2D eigenvalue weighted by molar-refractivity contribution is 6.33. The molecule has 0 spiro atoms. The van der Waals surface area contributed by atoms with Crippen LogP contribution in [0.25, 0.3) is 0 Å². The molecule has 1 aliphatic heterocycles. The van der Waals surface area contributed by atoms with E-state index in [4.69, 9.17) is 11.6 Å². The fourth-order valence-corrected chi connectivity index (χ4v) is 2.65. The Morgan fingerprint density at radius 2 is 2.53 bits per heavy atom. The summed E-state index contributed by atoms with van der Waals surface area (Å²) in [7, 11) is 0. The summed E-state index contributed by atoms with van der Waals surface area (Å²) in [6, 6.07) is 3.47. The van der Waals surface area contributed by atoms with Gasteiger partial charge in [0.1, 0.15) is 0 Å². The molecule has 2 unspecified atom stereocenters. The van der Waals surface area contributed by atoms with Gasteiger partial charge in [-0.1, -0.05) is 18.5 Å². The van der Waals surface area contributed by atoms with Crippen LogP contribution in [0.1, 0.15) is 26.2 Å². The third-order valence-electron chi connectivity index (χ3n) is 3.66. The second-order valence-corrected chi connectivity index (χ2v) is 5.58. The normalized spacial score (nSPS) is 20.8. The molecule has 1 aromatic heterocycles. The molecule has 0 radical (unpaired) electrons. The van der Waals surface area contributed by atoms with E-state index in [0.29, 0.717) is 29.1 Å². The lowest BCUT2D eigenvalue weighted by Crippen LogP contribution is -2.34. The maximum Gasteiger partial charge on any atom is 0.225 e. The molecule has 1 aromatic rings. The van der Waals surface area contributed by atoms with Crippen LogP contribution in [0.2, 0.25) is 5.02 Å². The standard InChI is InChI=1S/C14H20ClN3O/c1-10(11-4-2-6-16-9-11)8-13(19)18-14-12(15)5-3-7-17-14/h3,5,7,10-11,16H,2,4,6,8-9H2,1H3,(H,17,18,19). The number of carbonyl (C=O) groups is 1. The lowest BCUT2D eigenvalue weighted by atomic mass is 9.85. The van der Waals surface area contributed by atoms with E-state index in [1.54, 1.807) is 18.3 Å². The summed E-state index contributed by atoms with van der Waals surface area (Å²) >= 11 is 5.97. The van der Waals surface area contributed by atoms with Crippen LogP contribution in [0.15, 0.2) is 18.3 Å². The van der Waals surface area contributed by atoms with E-state index in [1.807, 2.05) is 0 Å². The second kappa shape index (κ2) is 6.87. The van der Waals surface area contributed by atoms with Crippen LogP contribution in [-0.2, 0) is 4.79 Å². The highest BCUT2D eigenvalue weighted by Gasteiger charge is 2.22. The molecule has 1 amide bonds. The van der Waals surface area contributed by atoms with Gasteiger partial charge in [-0.3, -0.25) is 4.79 Å². The number of pyridine rings is 1. The van der Waals surface area contributed by atoms with E-state index in [0.717, 1.165) is 13.1 Å². The Hall–Kier alpha value is -1.13. The molecule has 0 bridgehead atoms. The molecule has 2 heterocycles. The highest BCUT2D eigenvalue weighted by Crippen LogP contribution is 2.23. The van der Waals surface area contributed by atoms with Crippen molar-refractivity contribution in [3.8, 4) is 0 Å². The number of hydrogen-bond acceptors (Lipinski definition) is 3. The lowest BCUT2D eigenvalue weighted by Gasteiger charge is -2.27. The molecule has 4 nitrogen and oxygen atoms in total. The molecule has 104 valence electrons. The number of halogens is 1. The van der Waals surface area contributed by atoms with Gasteiger partial charge in [-0.25, -0.2) is 4.98 Å². The fraction of sp³-hybridized carbons (Fsp3) is 0.571. The monoisotopic (exact) mass is 281 g/mol. The van der Waals surface area contributed by atoms with Gasteiger partial charge >= 0.3 is 0 Å². The maximum atomic E-state index is 12.0. The van der Waals surface area contributed by atoms with Crippen LogP contribution in [-0.4, -0.2) is 24.0 Å². The van der Waals surface area contributed by atoms with Crippen LogP contribution in [0.4, 0.5) is 5.82 Å². The summed E-state index contributed by atoms with van der Waals surface area (Å²) < 4.78 is 0. The van der Waals surface area contributed by atoms with Crippen LogP contribution in [0.5, 0.6) is 0 Å². The Labute approximate surface area is 118 Å². The molecule has 1 saturated heterocycles. The average molecular weight is 282 g/mol. The smallest absolute Gasteiger partial charge is 0.225 e. The molecule has 2 atom stereocenters. The summed E-state index contributed by atoms with van der Waals surface area (Å²) in [5.41, 5.74) is 0. The predicted octanol–water partition coefficient (Wildman–Crippen LogP) is 2.70. The zero-order chi connectivity index (χ0) is 13.7. The first-order valence-corrected chi connectivity index (χ1v) is 7.15. The minimum absolute atomic E-state index is 0.0151. The molecule has 19 heavy (non-hydrogen) atoms. The Kier molecular flexibility index (Phi) is 5.16. The molecule has 0 aliphatic carbocycles. The zero-order valence-electron chi connectivity index (χ0n) is 11.2. The van der Waals surface area contributed by atoms with E-state index in [-0.39, 0.29) is 5.91 Å². The summed E-state index contributed by atoms with van der Waals surface area (Å²) in [4.78, 5) is 16.0. The van der Waals surface area contributed by atoms with E-state index in [9.17, 15) is 4.79 Å². The number of nitrogens with zero attached hydrogens (tertiary/aromatic N) is 1. The predicted molar refractivity (Wildman–Crippen MR) is 77.3 cm³/mol. The number of rotatable bonds is 4. The number of piperidine rings is 1. The molecule has 0 aromatic carbocycles. The van der Waals surface area contributed by atoms with Gasteiger partial charge in [-0.05, 0) is 49.9 Å². The van der Waals surface area contributed by atoms with Crippen molar-refractivity contribution in [2.45, 2.75) is 26.2 Å². The first kappa shape index (κ1) is 14.3. The maximum absolute atomic E-state index is 12.0. The van der Waals surface area contributed by atoms with Crippen molar-refractivity contribution in [3.63, 3.8) is 0 Å². The summed E-state index contributed by atoms with van der Waals surface area (Å²) in [6.45, 7) is 4.25. The van der Waals surface area contributed by atoms with Crippen LogP contribution < -0.4 is 10.6 Å². The largest absolute Gasteiger partial charge is 0.316 e. The highest BCUT2D eigenvalue weighted by atomic mass is 35.5. The van der Waals surface area contributed by atoms with Crippen molar-refractivity contribution in [1.29, 1.82) is 0 Å². The van der Waals surface area contributed by atoms with Crippen LogP contribution in [0.3, 0.4) is 0 Å². The van der Waals surface area contributed by atoms with Crippen molar-refractivity contribution in [3.05, 3.63) is 23.4 Å². The van der Waals surface area contributed by atoms with Gasteiger partial charge < -0.3 is 10.6 Å². The van der Waals surface area contributed by atoms with Gasteiger partial charge in [0.15, 0.2) is 5.82 Å². The molecule has 1 aliphatic rings. The van der Waals surface area contributed by atoms with Crippen molar-refractivity contribution in [2.75, 3.05) is 18.4 Å². The molecular weight excluding hydrogens is 262 g/mol. The van der Waals surface area contributed by atoms with E-state index < -0.39 is 0 Å². The number of aromatic nitrogens is 1. The van der Waals surface area contributed by atoms with Gasteiger partial charge in [0.2, 0.25) is 5.91 Å². The fourth-order valence-electron chi connectivity index (χ4n) is 2.48. The van der Waals surface area contributed by atoms with Gasteiger partial charge in [0.25, 0.3) is 0 Å². The zero-order valence-corrected chi connectivity index (χ0v) is 11.9. The van der Waals surface area contributed by atoms with Crippen molar-refractivity contribution < 1.29 is 4.79 Å². The topological polar surface area (TPSA) is 54.0 Å². The second-order valence-electron chi connectivity index (χ2n) is 5.17. The van der Waals surface area contributed by atoms with Gasteiger partial charge in [0, 0.05) is 12.6 Å². The third-order valence-corrected chi connectivity index (χ3v) is 3.97. The van der Waals surface area contributed by atoms with Gasteiger partial charge in [0.05, 0.1) is 5.02 Å². The number of amides is 1. The van der Waals surface area contributed by atoms with E-state index in [2.05, 4.69) is 22.5 Å². The summed E-state index contributed by atoms with van der Waals surface area (Å²) in [5.74, 6) is 1.39. The number of anilines is 1. The first-order chi connectivity index (χ1) is 9.16. The Morgan fingerprint density at radius 3 is 3.21 bits per heavy atom. The Balaban J connectivity index is 1.85. The van der Waals surface area contributed by atoms with Gasteiger partial charge in [-0.15, -0.1) is 0 Å². The molecule has 5 heteroatoms. The van der Waals surface area contributed by atoms with E-state index >= 15 is 0 Å².